The summed E-state index contributed by atoms with van der Waals surface area (Å²) in [6.07, 6.45) is -1.38. The van der Waals surface area contributed by atoms with E-state index < -0.39 is 24.2 Å². The van der Waals surface area contributed by atoms with Crippen LogP contribution < -0.4 is 5.32 Å². The highest BCUT2D eigenvalue weighted by Crippen LogP contribution is 2.22. The van der Waals surface area contributed by atoms with Crippen molar-refractivity contribution in [3.63, 3.8) is 0 Å². The van der Waals surface area contributed by atoms with E-state index in [1.54, 1.807) is 12.1 Å². The van der Waals surface area contributed by atoms with Gasteiger partial charge in [0.05, 0.1) is 12.6 Å². The second kappa shape index (κ2) is 11.7. The average molecular weight is 487 g/mol. The standard InChI is InChI=1S/C28H26N2O6/c1-34-26(31)24(29-27(32)35-18-20-10-4-2-5-11-20)17-23-16-22-14-8-9-15-25(22)30(23)28(33)36-19-21-12-6-3-7-13-21/h2-16,24H,17-19H2,1H3,(H,29,32)/t24-/m1/s1. The molecule has 0 saturated carbocycles. The van der Waals surface area contributed by atoms with E-state index in [-0.39, 0.29) is 19.6 Å². The molecule has 1 N–H and O–H groups in total. The fourth-order valence-corrected chi connectivity index (χ4v) is 3.81. The Balaban J connectivity index is 1.52. The monoisotopic (exact) mass is 486 g/mol. The molecule has 0 spiro atoms. The van der Waals surface area contributed by atoms with Crippen molar-refractivity contribution in [3.05, 3.63) is 108 Å². The number of carbonyl (C=O) groups is 3. The van der Waals surface area contributed by atoms with E-state index in [9.17, 15) is 14.4 Å². The van der Waals surface area contributed by atoms with Crippen LogP contribution in [-0.4, -0.2) is 35.9 Å². The maximum Gasteiger partial charge on any atom is 0.419 e. The number of carbonyl (C=O) groups excluding carboxylic acids is 3. The number of ether oxygens (including phenoxy) is 3. The van der Waals surface area contributed by atoms with Gasteiger partial charge in [-0.2, -0.15) is 0 Å². The van der Waals surface area contributed by atoms with E-state index in [1.165, 1.54) is 11.7 Å². The fraction of sp³-hybridized carbons (Fsp3) is 0.179. The van der Waals surface area contributed by atoms with Gasteiger partial charge in [0.1, 0.15) is 19.3 Å². The predicted molar refractivity (Wildman–Crippen MR) is 133 cm³/mol. The summed E-state index contributed by atoms with van der Waals surface area (Å²) in [6, 6.07) is 26.5. The van der Waals surface area contributed by atoms with Crippen LogP contribution >= 0.6 is 0 Å². The molecule has 0 aliphatic rings. The van der Waals surface area contributed by atoms with Crippen LogP contribution in [0.4, 0.5) is 9.59 Å². The highest BCUT2D eigenvalue weighted by atomic mass is 16.6. The van der Waals surface area contributed by atoms with Crippen molar-refractivity contribution in [2.75, 3.05) is 7.11 Å². The van der Waals surface area contributed by atoms with Crippen molar-refractivity contribution >= 4 is 29.1 Å². The van der Waals surface area contributed by atoms with Crippen LogP contribution in [0.15, 0.2) is 91.0 Å². The normalized spacial score (nSPS) is 11.5. The summed E-state index contributed by atoms with van der Waals surface area (Å²) >= 11 is 0. The topological polar surface area (TPSA) is 95.9 Å². The molecule has 0 aliphatic carbocycles. The lowest BCUT2D eigenvalue weighted by Gasteiger charge is -2.18. The first kappa shape index (κ1) is 24.5. The van der Waals surface area contributed by atoms with Crippen LogP contribution in [0.3, 0.4) is 0 Å². The van der Waals surface area contributed by atoms with Crippen LogP contribution in [0, 0.1) is 0 Å². The number of alkyl carbamates (subject to hydrolysis) is 1. The van der Waals surface area contributed by atoms with Gasteiger partial charge in [-0.15, -0.1) is 0 Å². The SMILES string of the molecule is COC(=O)[C@@H](Cc1cc2ccccc2n1C(=O)OCc1ccccc1)NC(=O)OCc1ccccc1. The Morgan fingerprint density at radius 2 is 1.39 bits per heavy atom. The Morgan fingerprint density at radius 1 is 0.806 bits per heavy atom. The quantitative estimate of drug-likeness (QED) is 0.283. The van der Waals surface area contributed by atoms with Gasteiger partial charge in [-0.25, -0.2) is 19.0 Å². The van der Waals surface area contributed by atoms with Crippen molar-refractivity contribution in [1.82, 2.24) is 9.88 Å². The highest BCUT2D eigenvalue weighted by molar-refractivity contribution is 5.91. The lowest BCUT2D eigenvalue weighted by atomic mass is 10.1. The number of benzene rings is 3. The van der Waals surface area contributed by atoms with Gasteiger partial charge < -0.3 is 19.5 Å². The number of hydrogen-bond acceptors (Lipinski definition) is 6. The van der Waals surface area contributed by atoms with E-state index in [1.807, 2.05) is 78.9 Å². The summed E-state index contributed by atoms with van der Waals surface area (Å²) in [5, 5.41) is 3.34. The maximum absolute atomic E-state index is 13.1. The Morgan fingerprint density at radius 3 is 2.03 bits per heavy atom. The van der Waals surface area contributed by atoms with Gasteiger partial charge in [-0.3, -0.25) is 0 Å². The Labute approximate surface area is 208 Å². The molecule has 184 valence electrons. The van der Waals surface area contributed by atoms with Crippen LogP contribution in [0.1, 0.15) is 16.8 Å². The summed E-state index contributed by atoms with van der Waals surface area (Å²) in [7, 11) is 1.23. The van der Waals surface area contributed by atoms with Crippen molar-refractivity contribution in [2.24, 2.45) is 0 Å². The number of nitrogens with zero attached hydrogens (tertiary/aromatic N) is 1. The number of nitrogens with one attached hydrogen (secondary N) is 1. The van der Waals surface area contributed by atoms with E-state index >= 15 is 0 Å². The van der Waals surface area contributed by atoms with Crippen LogP contribution in [0.5, 0.6) is 0 Å². The number of aromatic nitrogens is 1. The summed E-state index contributed by atoms with van der Waals surface area (Å²) in [5.41, 5.74) is 2.76. The third-order valence-corrected chi connectivity index (χ3v) is 5.58. The molecule has 36 heavy (non-hydrogen) atoms. The van der Waals surface area contributed by atoms with Gasteiger partial charge >= 0.3 is 18.2 Å². The molecule has 1 amide bonds. The fourth-order valence-electron chi connectivity index (χ4n) is 3.81. The smallest absolute Gasteiger partial charge is 0.419 e. The first-order valence-corrected chi connectivity index (χ1v) is 11.4. The van der Waals surface area contributed by atoms with Gasteiger partial charge in [-0.1, -0.05) is 78.9 Å². The molecule has 0 aliphatic heterocycles. The minimum atomic E-state index is -1.08. The molecule has 1 heterocycles. The van der Waals surface area contributed by atoms with Crippen molar-refractivity contribution in [3.8, 4) is 0 Å². The molecule has 4 rings (SSSR count). The number of amides is 1. The van der Waals surface area contributed by atoms with Gasteiger partial charge in [-0.05, 0) is 23.3 Å². The molecule has 8 nitrogen and oxygen atoms in total. The van der Waals surface area contributed by atoms with Crippen LogP contribution in [0.25, 0.3) is 10.9 Å². The summed E-state index contributed by atoms with van der Waals surface area (Å²) < 4.78 is 17.1. The van der Waals surface area contributed by atoms with E-state index in [0.717, 1.165) is 16.5 Å². The number of fused-ring (bicyclic) bond motifs is 1. The number of esters is 1. The minimum absolute atomic E-state index is 0.0117. The Bertz CT molecular complexity index is 1330. The average Bonchev–Trinajstić information content (AvgIpc) is 3.29. The molecule has 0 saturated heterocycles. The summed E-state index contributed by atoms with van der Waals surface area (Å²) in [6.45, 7) is 0.142. The summed E-state index contributed by atoms with van der Waals surface area (Å²) in [5.74, 6) is -0.666. The zero-order valence-electron chi connectivity index (χ0n) is 19.8. The molecule has 1 aromatic heterocycles. The van der Waals surface area contributed by atoms with E-state index in [4.69, 9.17) is 14.2 Å². The second-order valence-corrected chi connectivity index (χ2v) is 8.06. The highest BCUT2D eigenvalue weighted by Gasteiger charge is 2.26. The number of hydrogen-bond donors (Lipinski definition) is 1. The second-order valence-electron chi connectivity index (χ2n) is 8.06. The van der Waals surface area contributed by atoms with Crippen LogP contribution in [0.2, 0.25) is 0 Å². The minimum Gasteiger partial charge on any atom is -0.467 e. The summed E-state index contributed by atoms with van der Waals surface area (Å²) in [4.78, 5) is 38.1. The molecule has 3 aromatic carbocycles. The molecular weight excluding hydrogens is 460 g/mol. The largest absolute Gasteiger partial charge is 0.467 e. The third kappa shape index (κ3) is 6.09. The van der Waals surface area contributed by atoms with E-state index in [2.05, 4.69) is 5.32 Å². The molecule has 1 atom stereocenters. The predicted octanol–water partition coefficient (Wildman–Crippen LogP) is 4.84. The van der Waals surface area contributed by atoms with Crippen molar-refractivity contribution < 1.29 is 28.6 Å². The van der Waals surface area contributed by atoms with E-state index in [0.29, 0.717) is 11.2 Å². The Hall–Kier alpha value is -4.59. The maximum atomic E-state index is 13.1. The molecule has 0 bridgehead atoms. The van der Waals surface area contributed by atoms with Gasteiger partial charge in [0.25, 0.3) is 0 Å². The lowest BCUT2D eigenvalue weighted by Crippen LogP contribution is -2.43. The van der Waals surface area contributed by atoms with Crippen molar-refractivity contribution in [1.29, 1.82) is 0 Å². The first-order valence-electron chi connectivity index (χ1n) is 11.4. The Kier molecular flexibility index (Phi) is 7.97. The molecule has 8 heteroatoms. The molecule has 4 aromatic rings. The number of para-hydroxylation sites is 1. The zero-order chi connectivity index (χ0) is 25.3. The number of rotatable bonds is 8. The van der Waals surface area contributed by atoms with Crippen LogP contribution in [-0.2, 0) is 38.6 Å². The zero-order valence-corrected chi connectivity index (χ0v) is 19.8. The lowest BCUT2D eigenvalue weighted by molar-refractivity contribution is -0.143. The number of methoxy groups -OCH3 is 1. The molecular formula is C28H26N2O6. The molecule has 0 unspecified atom stereocenters. The van der Waals surface area contributed by atoms with Gasteiger partial charge in [0.2, 0.25) is 0 Å². The van der Waals surface area contributed by atoms with Gasteiger partial charge in [0, 0.05) is 17.5 Å². The first-order chi connectivity index (χ1) is 17.5. The third-order valence-electron chi connectivity index (χ3n) is 5.58. The van der Waals surface area contributed by atoms with Crippen molar-refractivity contribution in [2.45, 2.75) is 25.7 Å². The van der Waals surface area contributed by atoms with Gasteiger partial charge in [0.15, 0.2) is 0 Å². The molecule has 0 fully saturated rings. The molecule has 0 radical (unpaired) electrons.